The molecule has 19 heavy (non-hydrogen) atoms. The van der Waals surface area contributed by atoms with E-state index < -0.39 is 0 Å². The van der Waals surface area contributed by atoms with Crippen LogP contribution in [-0.4, -0.2) is 15.9 Å². The van der Waals surface area contributed by atoms with Crippen molar-refractivity contribution >= 4 is 16.9 Å². The first-order chi connectivity index (χ1) is 9.33. The Hall–Kier alpha value is -2.62. The third-order valence-corrected chi connectivity index (χ3v) is 3.57. The van der Waals surface area contributed by atoms with Gasteiger partial charge in [0.25, 0.3) is 5.91 Å². The molecule has 1 aliphatic heterocycles. The second-order valence-electron chi connectivity index (χ2n) is 4.65. The molecule has 4 rings (SSSR count). The lowest BCUT2D eigenvalue weighted by Crippen LogP contribution is -2.12. The molecule has 0 bridgehead atoms. The van der Waals surface area contributed by atoms with Gasteiger partial charge in [-0.05, 0) is 34.9 Å². The molecule has 0 aliphatic carbocycles. The molecular weight excluding hydrogens is 238 g/mol. The topological polar surface area (TPSA) is 57.8 Å². The molecule has 0 radical (unpaired) electrons. The van der Waals surface area contributed by atoms with Gasteiger partial charge in [-0.1, -0.05) is 12.1 Å². The van der Waals surface area contributed by atoms with Gasteiger partial charge in [-0.3, -0.25) is 4.79 Å². The van der Waals surface area contributed by atoms with Crippen LogP contribution in [0.5, 0.6) is 0 Å². The zero-order valence-electron chi connectivity index (χ0n) is 10.1. The van der Waals surface area contributed by atoms with Gasteiger partial charge >= 0.3 is 0 Å². The molecule has 1 aromatic carbocycles. The normalized spacial score (nSPS) is 13.6. The molecule has 0 saturated heterocycles. The van der Waals surface area contributed by atoms with Gasteiger partial charge in [0.15, 0.2) is 0 Å². The Morgan fingerprint density at radius 2 is 2.05 bits per heavy atom. The number of carbonyl (C=O) groups excluding carboxylic acids is 1. The van der Waals surface area contributed by atoms with Crippen molar-refractivity contribution in [2.45, 2.75) is 6.54 Å². The number of amides is 1. The molecule has 4 nitrogen and oxygen atoms in total. The van der Waals surface area contributed by atoms with E-state index in [0.717, 1.165) is 33.3 Å². The summed E-state index contributed by atoms with van der Waals surface area (Å²) in [5, 5.41) is 3.91. The summed E-state index contributed by atoms with van der Waals surface area (Å²) in [6, 6.07) is 10.0. The van der Waals surface area contributed by atoms with Gasteiger partial charge in [0.1, 0.15) is 5.65 Å². The summed E-state index contributed by atoms with van der Waals surface area (Å²) in [5.74, 6) is 0.0104. The van der Waals surface area contributed by atoms with E-state index in [1.54, 1.807) is 6.20 Å². The SMILES string of the molecule is O=C1NCc2ccc(-c3ccnc4[nH]ccc34)cc21. The molecule has 1 amide bonds. The van der Waals surface area contributed by atoms with Crippen molar-refractivity contribution in [2.24, 2.45) is 0 Å². The molecule has 0 unspecified atom stereocenters. The molecule has 0 atom stereocenters. The molecule has 0 saturated carbocycles. The maximum atomic E-state index is 11.7. The van der Waals surface area contributed by atoms with E-state index >= 15 is 0 Å². The highest BCUT2D eigenvalue weighted by Gasteiger charge is 2.19. The maximum absolute atomic E-state index is 11.7. The summed E-state index contributed by atoms with van der Waals surface area (Å²) in [5.41, 5.74) is 4.84. The van der Waals surface area contributed by atoms with Crippen LogP contribution in [0.15, 0.2) is 42.7 Å². The van der Waals surface area contributed by atoms with Crippen LogP contribution in [0, 0.1) is 0 Å². The van der Waals surface area contributed by atoms with Gasteiger partial charge in [0.2, 0.25) is 0 Å². The highest BCUT2D eigenvalue weighted by Crippen LogP contribution is 2.29. The van der Waals surface area contributed by atoms with Crippen molar-refractivity contribution in [1.82, 2.24) is 15.3 Å². The fourth-order valence-electron chi connectivity index (χ4n) is 2.59. The zero-order valence-corrected chi connectivity index (χ0v) is 10.1. The Balaban J connectivity index is 1.96. The molecular formula is C15H11N3O. The average molecular weight is 249 g/mol. The van der Waals surface area contributed by atoms with Crippen LogP contribution in [0.1, 0.15) is 15.9 Å². The van der Waals surface area contributed by atoms with Crippen molar-refractivity contribution < 1.29 is 4.79 Å². The minimum atomic E-state index is 0.0104. The number of rotatable bonds is 1. The molecule has 2 aromatic heterocycles. The third-order valence-electron chi connectivity index (χ3n) is 3.57. The van der Waals surface area contributed by atoms with Crippen LogP contribution >= 0.6 is 0 Å². The summed E-state index contributed by atoms with van der Waals surface area (Å²) < 4.78 is 0. The Morgan fingerprint density at radius 3 is 3.00 bits per heavy atom. The number of fused-ring (bicyclic) bond motifs is 2. The quantitative estimate of drug-likeness (QED) is 0.696. The van der Waals surface area contributed by atoms with Crippen LogP contribution in [-0.2, 0) is 6.54 Å². The molecule has 4 heteroatoms. The lowest BCUT2D eigenvalue weighted by atomic mass is 9.99. The zero-order chi connectivity index (χ0) is 12.8. The highest BCUT2D eigenvalue weighted by molar-refractivity contribution is 6.01. The lowest BCUT2D eigenvalue weighted by Gasteiger charge is -2.05. The number of benzene rings is 1. The predicted octanol–water partition coefficient (Wildman–Crippen LogP) is 2.47. The summed E-state index contributed by atoms with van der Waals surface area (Å²) in [6.45, 7) is 0.629. The van der Waals surface area contributed by atoms with Crippen molar-refractivity contribution in [3.05, 3.63) is 53.9 Å². The van der Waals surface area contributed by atoms with E-state index in [4.69, 9.17) is 0 Å². The van der Waals surface area contributed by atoms with Crippen LogP contribution in [0.25, 0.3) is 22.2 Å². The fraction of sp³-hybridized carbons (Fsp3) is 0.0667. The van der Waals surface area contributed by atoms with Crippen LogP contribution in [0.2, 0.25) is 0 Å². The molecule has 3 heterocycles. The highest BCUT2D eigenvalue weighted by atomic mass is 16.1. The third kappa shape index (κ3) is 1.46. The van der Waals surface area contributed by atoms with Gasteiger partial charge in [-0.25, -0.2) is 4.98 Å². The van der Waals surface area contributed by atoms with E-state index in [1.807, 2.05) is 30.5 Å². The number of nitrogens with one attached hydrogen (secondary N) is 2. The monoisotopic (exact) mass is 249 g/mol. The van der Waals surface area contributed by atoms with Crippen molar-refractivity contribution in [3.8, 4) is 11.1 Å². The van der Waals surface area contributed by atoms with Gasteiger partial charge in [0, 0.05) is 29.9 Å². The van der Waals surface area contributed by atoms with Gasteiger partial charge in [0.05, 0.1) is 0 Å². The minimum Gasteiger partial charge on any atom is -0.348 e. The number of pyridine rings is 1. The Labute approximate surface area is 109 Å². The number of carbonyl (C=O) groups is 1. The van der Waals surface area contributed by atoms with Crippen LogP contribution in [0.4, 0.5) is 0 Å². The number of H-pyrrole nitrogens is 1. The number of hydrogen-bond acceptors (Lipinski definition) is 2. The van der Waals surface area contributed by atoms with E-state index in [1.165, 1.54) is 0 Å². The van der Waals surface area contributed by atoms with E-state index in [0.29, 0.717) is 6.54 Å². The standard InChI is InChI=1S/C15H11N3O/c19-15-13-7-9(1-2-10(13)8-18-15)11-3-5-16-14-12(11)4-6-17-14/h1-7H,8H2,(H,16,17)(H,18,19). The van der Waals surface area contributed by atoms with Crippen molar-refractivity contribution in [1.29, 1.82) is 0 Å². The first kappa shape index (κ1) is 10.3. The molecule has 3 aromatic rings. The largest absolute Gasteiger partial charge is 0.348 e. The lowest BCUT2D eigenvalue weighted by molar-refractivity contribution is 0.0966. The number of hydrogen-bond donors (Lipinski definition) is 2. The number of nitrogens with zero attached hydrogens (tertiary/aromatic N) is 1. The fourth-order valence-corrected chi connectivity index (χ4v) is 2.59. The molecule has 0 fully saturated rings. The van der Waals surface area contributed by atoms with Crippen LogP contribution < -0.4 is 5.32 Å². The van der Waals surface area contributed by atoms with Gasteiger partial charge in [-0.2, -0.15) is 0 Å². The molecule has 92 valence electrons. The Bertz CT molecular complexity index is 804. The molecule has 1 aliphatic rings. The van der Waals surface area contributed by atoms with Crippen molar-refractivity contribution in [2.75, 3.05) is 0 Å². The second kappa shape index (κ2) is 3.68. The number of aromatic nitrogens is 2. The van der Waals surface area contributed by atoms with E-state index in [-0.39, 0.29) is 5.91 Å². The first-order valence-electron chi connectivity index (χ1n) is 6.16. The minimum absolute atomic E-state index is 0.0104. The summed E-state index contributed by atoms with van der Waals surface area (Å²) in [6.07, 6.45) is 3.66. The van der Waals surface area contributed by atoms with Crippen molar-refractivity contribution in [3.63, 3.8) is 0 Å². The number of aromatic amines is 1. The molecule has 2 N–H and O–H groups in total. The van der Waals surface area contributed by atoms with E-state index in [9.17, 15) is 4.79 Å². The summed E-state index contributed by atoms with van der Waals surface area (Å²) in [4.78, 5) is 19.1. The maximum Gasteiger partial charge on any atom is 0.251 e. The smallest absolute Gasteiger partial charge is 0.251 e. The van der Waals surface area contributed by atoms with Gasteiger partial charge < -0.3 is 10.3 Å². The predicted molar refractivity (Wildman–Crippen MR) is 72.7 cm³/mol. The van der Waals surface area contributed by atoms with Crippen LogP contribution in [0.3, 0.4) is 0 Å². The Kier molecular flexibility index (Phi) is 2.00. The molecule has 0 spiro atoms. The van der Waals surface area contributed by atoms with Gasteiger partial charge in [-0.15, -0.1) is 0 Å². The Morgan fingerprint density at radius 1 is 1.11 bits per heavy atom. The first-order valence-corrected chi connectivity index (χ1v) is 6.16. The summed E-state index contributed by atoms with van der Waals surface area (Å²) in [7, 11) is 0. The second-order valence-corrected chi connectivity index (χ2v) is 4.65. The average Bonchev–Trinajstić information content (AvgIpc) is 3.05. The summed E-state index contributed by atoms with van der Waals surface area (Å²) >= 11 is 0. The van der Waals surface area contributed by atoms with E-state index in [2.05, 4.69) is 21.4 Å².